The predicted molar refractivity (Wildman–Crippen MR) is 70.7 cm³/mol. The Balaban J connectivity index is 1.90. The van der Waals surface area contributed by atoms with E-state index in [1.807, 2.05) is 0 Å². The molecule has 0 aromatic carbocycles. The minimum absolute atomic E-state index is 0.0355. The fraction of sp³-hybridized carbons (Fsp3) is 0.846. The molecule has 1 saturated heterocycles. The Morgan fingerprint density at radius 2 is 2.26 bits per heavy atom. The monoisotopic (exact) mass is 272 g/mol. The van der Waals surface area contributed by atoms with Crippen LogP contribution in [0.3, 0.4) is 0 Å². The molecule has 0 saturated carbocycles. The fourth-order valence-corrected chi connectivity index (χ4v) is 1.89. The zero-order chi connectivity index (χ0) is 13.9. The van der Waals surface area contributed by atoms with Crippen molar-refractivity contribution in [1.29, 1.82) is 0 Å². The molecule has 1 unspecified atom stereocenters. The van der Waals surface area contributed by atoms with Crippen LogP contribution >= 0.6 is 0 Å². The Labute approximate surface area is 114 Å². The molecule has 6 nitrogen and oxygen atoms in total. The second-order valence-electron chi connectivity index (χ2n) is 4.52. The number of carbonyl (C=O) groups excluding carboxylic acids is 2. The summed E-state index contributed by atoms with van der Waals surface area (Å²) in [6, 6.07) is 0. The number of ether oxygens (including phenoxy) is 2. The largest absolute Gasteiger partial charge is 0.466 e. The van der Waals surface area contributed by atoms with E-state index in [4.69, 9.17) is 9.47 Å². The Morgan fingerprint density at radius 1 is 1.42 bits per heavy atom. The Hall–Kier alpha value is -1.14. The van der Waals surface area contributed by atoms with Gasteiger partial charge >= 0.3 is 5.97 Å². The Morgan fingerprint density at radius 3 is 2.95 bits per heavy atom. The first-order chi connectivity index (χ1) is 9.22. The molecule has 1 rings (SSSR count). The van der Waals surface area contributed by atoms with Crippen molar-refractivity contribution in [2.24, 2.45) is 0 Å². The van der Waals surface area contributed by atoms with Crippen LogP contribution in [0, 0.1) is 0 Å². The number of hydrogen-bond acceptors (Lipinski definition) is 5. The summed E-state index contributed by atoms with van der Waals surface area (Å²) in [6.07, 6.45) is 3.34. The molecule has 1 heterocycles. The number of esters is 1. The van der Waals surface area contributed by atoms with Gasteiger partial charge in [-0.2, -0.15) is 0 Å². The standard InChI is InChI=1S/C13H24N2O4/c1-2-18-13(17)6-3-7-14-10-12(16)15-9-11-5-4-8-19-11/h11,14H,2-10H2,1H3,(H,15,16). The lowest BCUT2D eigenvalue weighted by atomic mass is 10.2. The van der Waals surface area contributed by atoms with Crippen LogP contribution in [-0.2, 0) is 19.1 Å². The minimum Gasteiger partial charge on any atom is -0.466 e. The molecule has 1 fully saturated rings. The minimum atomic E-state index is -0.188. The van der Waals surface area contributed by atoms with Crippen LogP contribution in [0.15, 0.2) is 0 Å². The SMILES string of the molecule is CCOC(=O)CCCNCC(=O)NCC1CCCO1. The van der Waals surface area contributed by atoms with Crippen molar-refractivity contribution in [1.82, 2.24) is 10.6 Å². The lowest BCUT2D eigenvalue weighted by molar-refractivity contribution is -0.143. The van der Waals surface area contributed by atoms with Gasteiger partial charge in [-0.15, -0.1) is 0 Å². The highest BCUT2D eigenvalue weighted by Crippen LogP contribution is 2.10. The first-order valence-corrected chi connectivity index (χ1v) is 6.97. The van der Waals surface area contributed by atoms with Crippen molar-refractivity contribution in [3.63, 3.8) is 0 Å². The maximum Gasteiger partial charge on any atom is 0.305 e. The van der Waals surface area contributed by atoms with Crippen LogP contribution in [0.25, 0.3) is 0 Å². The molecular formula is C13H24N2O4. The third-order valence-electron chi connectivity index (χ3n) is 2.88. The van der Waals surface area contributed by atoms with E-state index >= 15 is 0 Å². The highest BCUT2D eigenvalue weighted by atomic mass is 16.5. The highest BCUT2D eigenvalue weighted by Gasteiger charge is 2.15. The normalized spacial score (nSPS) is 18.3. The summed E-state index contributed by atoms with van der Waals surface area (Å²) in [6.45, 7) is 4.49. The molecule has 19 heavy (non-hydrogen) atoms. The topological polar surface area (TPSA) is 76.7 Å². The Kier molecular flexibility index (Phi) is 8.16. The van der Waals surface area contributed by atoms with Crippen LogP contribution in [-0.4, -0.2) is 50.8 Å². The molecule has 6 heteroatoms. The smallest absolute Gasteiger partial charge is 0.305 e. The van der Waals surface area contributed by atoms with E-state index < -0.39 is 0 Å². The maximum atomic E-state index is 11.5. The van der Waals surface area contributed by atoms with Crippen LogP contribution < -0.4 is 10.6 Å². The van der Waals surface area contributed by atoms with E-state index in [1.54, 1.807) is 6.92 Å². The lowest BCUT2D eigenvalue weighted by Gasteiger charge is -2.11. The summed E-state index contributed by atoms with van der Waals surface area (Å²) in [4.78, 5) is 22.5. The number of amides is 1. The number of rotatable bonds is 9. The first kappa shape index (κ1) is 15.9. The molecule has 0 aliphatic carbocycles. The number of nitrogens with one attached hydrogen (secondary N) is 2. The molecule has 1 atom stereocenters. The predicted octanol–water partition coefficient (Wildman–Crippen LogP) is 0.215. The number of hydrogen-bond donors (Lipinski definition) is 2. The van der Waals surface area contributed by atoms with E-state index in [2.05, 4.69) is 10.6 Å². The number of carbonyl (C=O) groups is 2. The second kappa shape index (κ2) is 9.75. The van der Waals surface area contributed by atoms with Crippen molar-refractivity contribution in [2.45, 2.75) is 38.7 Å². The van der Waals surface area contributed by atoms with Gasteiger partial charge in [0, 0.05) is 19.6 Å². The Bertz CT molecular complexity index is 278. The summed E-state index contributed by atoms with van der Waals surface area (Å²) >= 11 is 0. The van der Waals surface area contributed by atoms with Crippen LogP contribution in [0.5, 0.6) is 0 Å². The summed E-state index contributed by atoms with van der Waals surface area (Å²) in [5, 5.41) is 5.82. The molecule has 0 aromatic heterocycles. The summed E-state index contributed by atoms with van der Waals surface area (Å²) in [7, 11) is 0. The molecule has 0 spiro atoms. The molecule has 0 radical (unpaired) electrons. The second-order valence-corrected chi connectivity index (χ2v) is 4.52. The van der Waals surface area contributed by atoms with E-state index in [1.165, 1.54) is 0 Å². The third kappa shape index (κ3) is 7.79. The quantitative estimate of drug-likeness (QED) is 0.464. The van der Waals surface area contributed by atoms with Gasteiger partial charge in [0.15, 0.2) is 0 Å². The molecule has 1 aliphatic heterocycles. The van der Waals surface area contributed by atoms with Crippen molar-refractivity contribution < 1.29 is 19.1 Å². The zero-order valence-corrected chi connectivity index (χ0v) is 11.6. The van der Waals surface area contributed by atoms with Crippen molar-refractivity contribution in [3.05, 3.63) is 0 Å². The van der Waals surface area contributed by atoms with Crippen molar-refractivity contribution in [2.75, 3.05) is 32.8 Å². The van der Waals surface area contributed by atoms with E-state index in [0.29, 0.717) is 32.5 Å². The van der Waals surface area contributed by atoms with Gasteiger partial charge < -0.3 is 20.1 Å². The average Bonchev–Trinajstić information content (AvgIpc) is 2.89. The summed E-state index contributed by atoms with van der Waals surface area (Å²) < 4.78 is 10.2. The van der Waals surface area contributed by atoms with Crippen LogP contribution in [0.1, 0.15) is 32.6 Å². The van der Waals surface area contributed by atoms with Crippen molar-refractivity contribution in [3.8, 4) is 0 Å². The molecule has 0 aromatic rings. The van der Waals surface area contributed by atoms with Crippen LogP contribution in [0.4, 0.5) is 0 Å². The van der Waals surface area contributed by atoms with Gasteiger partial charge in [-0.1, -0.05) is 0 Å². The highest BCUT2D eigenvalue weighted by molar-refractivity contribution is 5.78. The summed E-state index contributed by atoms with van der Waals surface area (Å²) in [5.74, 6) is -0.223. The maximum absolute atomic E-state index is 11.5. The summed E-state index contributed by atoms with van der Waals surface area (Å²) in [5.41, 5.74) is 0. The zero-order valence-electron chi connectivity index (χ0n) is 11.6. The van der Waals surface area contributed by atoms with Gasteiger partial charge in [0.25, 0.3) is 0 Å². The first-order valence-electron chi connectivity index (χ1n) is 6.97. The van der Waals surface area contributed by atoms with Crippen molar-refractivity contribution >= 4 is 11.9 Å². The van der Waals surface area contributed by atoms with Gasteiger partial charge in [0.05, 0.1) is 19.3 Å². The van der Waals surface area contributed by atoms with Gasteiger partial charge in [-0.05, 0) is 32.7 Å². The van der Waals surface area contributed by atoms with Gasteiger partial charge in [-0.25, -0.2) is 0 Å². The molecule has 0 bridgehead atoms. The fourth-order valence-electron chi connectivity index (χ4n) is 1.89. The van der Waals surface area contributed by atoms with Gasteiger partial charge in [-0.3, -0.25) is 9.59 Å². The van der Waals surface area contributed by atoms with Gasteiger partial charge in [0.2, 0.25) is 5.91 Å². The van der Waals surface area contributed by atoms with E-state index in [-0.39, 0.29) is 24.5 Å². The van der Waals surface area contributed by atoms with Crippen LogP contribution in [0.2, 0.25) is 0 Å². The van der Waals surface area contributed by atoms with Gasteiger partial charge in [0.1, 0.15) is 0 Å². The molecule has 1 aliphatic rings. The molecular weight excluding hydrogens is 248 g/mol. The van der Waals surface area contributed by atoms with E-state index in [0.717, 1.165) is 19.4 Å². The average molecular weight is 272 g/mol. The molecule has 110 valence electrons. The third-order valence-corrected chi connectivity index (χ3v) is 2.88. The van der Waals surface area contributed by atoms with E-state index in [9.17, 15) is 9.59 Å². The lowest BCUT2D eigenvalue weighted by Crippen LogP contribution is -2.38. The molecule has 2 N–H and O–H groups in total. The molecule has 1 amide bonds.